The number of nitrogens with one attached hydrogen (secondary N) is 1. The largest absolute Gasteiger partial charge is 0.493 e. The van der Waals surface area contributed by atoms with Crippen LogP contribution in [-0.2, 0) is 14.8 Å². The standard InChI is InChI=1S/C22H25N3O5S3/c1-29-18-12-17-20(13-19(18)30-2)32-22(23-17)24-21(26)14-8-10-25(11-9-14)33(27,28)16-6-4-15(31-3)5-7-16/h4-7,12-14H,8-11H2,1-3H3,(H,23,24,26). The zero-order valence-corrected chi connectivity index (χ0v) is 21.0. The van der Waals surface area contributed by atoms with Crippen LogP contribution in [0.25, 0.3) is 10.2 Å². The number of thiazole rings is 1. The molecule has 8 nitrogen and oxygen atoms in total. The second-order valence-electron chi connectivity index (χ2n) is 7.54. The Kier molecular flexibility index (Phi) is 7.13. The Balaban J connectivity index is 1.40. The van der Waals surface area contributed by atoms with Gasteiger partial charge in [0.25, 0.3) is 0 Å². The van der Waals surface area contributed by atoms with Crippen LogP contribution in [0.2, 0.25) is 0 Å². The molecule has 1 fully saturated rings. The number of piperidine rings is 1. The molecule has 0 atom stereocenters. The molecule has 1 saturated heterocycles. The van der Waals surface area contributed by atoms with Gasteiger partial charge in [0, 0.05) is 36.0 Å². The Morgan fingerprint density at radius 3 is 2.36 bits per heavy atom. The summed E-state index contributed by atoms with van der Waals surface area (Å²) >= 11 is 2.92. The Labute approximate surface area is 201 Å². The van der Waals surface area contributed by atoms with E-state index >= 15 is 0 Å². The second-order valence-corrected chi connectivity index (χ2v) is 11.4. The van der Waals surface area contributed by atoms with Gasteiger partial charge in [-0.3, -0.25) is 4.79 Å². The van der Waals surface area contributed by atoms with Crippen molar-refractivity contribution >= 4 is 54.4 Å². The van der Waals surface area contributed by atoms with Gasteiger partial charge in [0.05, 0.1) is 29.3 Å². The normalized spacial score (nSPS) is 15.5. The maximum atomic E-state index is 12.9. The number of carbonyl (C=O) groups excluding carboxylic acids is 1. The number of fused-ring (bicyclic) bond motifs is 1. The van der Waals surface area contributed by atoms with E-state index < -0.39 is 10.0 Å². The number of sulfonamides is 1. The monoisotopic (exact) mass is 507 g/mol. The van der Waals surface area contributed by atoms with Gasteiger partial charge in [-0.1, -0.05) is 11.3 Å². The Morgan fingerprint density at radius 2 is 1.76 bits per heavy atom. The lowest BCUT2D eigenvalue weighted by Crippen LogP contribution is -2.41. The molecule has 0 aliphatic carbocycles. The van der Waals surface area contributed by atoms with E-state index in [9.17, 15) is 13.2 Å². The molecule has 1 amide bonds. The summed E-state index contributed by atoms with van der Waals surface area (Å²) in [6.45, 7) is 0.609. The van der Waals surface area contributed by atoms with E-state index in [4.69, 9.17) is 9.47 Å². The molecule has 0 radical (unpaired) electrons. The van der Waals surface area contributed by atoms with Crippen LogP contribution in [0.5, 0.6) is 11.5 Å². The van der Waals surface area contributed by atoms with Gasteiger partial charge in [-0.25, -0.2) is 13.4 Å². The third-order valence-corrected chi connectivity index (χ3v) is 9.24. The van der Waals surface area contributed by atoms with E-state index in [2.05, 4.69) is 10.3 Å². The Bertz CT molecular complexity index is 1210. The average molecular weight is 508 g/mol. The van der Waals surface area contributed by atoms with Crippen molar-refractivity contribution in [3.8, 4) is 11.5 Å². The lowest BCUT2D eigenvalue weighted by atomic mass is 9.97. The number of rotatable bonds is 7. The topological polar surface area (TPSA) is 97.8 Å². The zero-order valence-electron chi connectivity index (χ0n) is 18.5. The number of carbonyl (C=O) groups is 1. The molecule has 1 aliphatic rings. The van der Waals surface area contributed by atoms with Gasteiger partial charge in [0.1, 0.15) is 0 Å². The summed E-state index contributed by atoms with van der Waals surface area (Å²) < 4.78 is 38.9. The number of hydrogen-bond acceptors (Lipinski definition) is 8. The van der Waals surface area contributed by atoms with Crippen molar-refractivity contribution < 1.29 is 22.7 Å². The molecular formula is C22H25N3O5S3. The van der Waals surface area contributed by atoms with Crippen molar-refractivity contribution in [3.05, 3.63) is 36.4 Å². The lowest BCUT2D eigenvalue weighted by molar-refractivity contribution is -0.120. The van der Waals surface area contributed by atoms with Crippen LogP contribution in [0.15, 0.2) is 46.2 Å². The zero-order chi connectivity index (χ0) is 23.6. The van der Waals surface area contributed by atoms with Gasteiger partial charge in [-0.05, 0) is 43.4 Å². The van der Waals surface area contributed by atoms with Crippen molar-refractivity contribution in [2.45, 2.75) is 22.6 Å². The molecule has 2 heterocycles. The molecule has 0 unspecified atom stereocenters. The van der Waals surface area contributed by atoms with E-state index in [-0.39, 0.29) is 16.7 Å². The summed E-state index contributed by atoms with van der Waals surface area (Å²) in [6.07, 6.45) is 2.86. The highest BCUT2D eigenvalue weighted by atomic mass is 32.2. The van der Waals surface area contributed by atoms with Gasteiger partial charge in [-0.15, -0.1) is 11.8 Å². The predicted molar refractivity (Wildman–Crippen MR) is 131 cm³/mol. The van der Waals surface area contributed by atoms with Crippen LogP contribution in [0, 0.1) is 5.92 Å². The first kappa shape index (κ1) is 23.8. The van der Waals surface area contributed by atoms with Crippen LogP contribution in [0.3, 0.4) is 0 Å². The second kappa shape index (κ2) is 9.88. The number of hydrogen-bond donors (Lipinski definition) is 1. The van der Waals surface area contributed by atoms with Gasteiger partial charge in [-0.2, -0.15) is 4.31 Å². The van der Waals surface area contributed by atoms with Crippen LogP contribution in [0.1, 0.15) is 12.8 Å². The third kappa shape index (κ3) is 4.96. The Hall–Kier alpha value is -2.34. The highest BCUT2D eigenvalue weighted by Crippen LogP contribution is 2.36. The lowest BCUT2D eigenvalue weighted by Gasteiger charge is -2.30. The molecule has 33 heavy (non-hydrogen) atoms. The number of anilines is 1. The fraction of sp³-hybridized carbons (Fsp3) is 0.364. The van der Waals surface area contributed by atoms with Crippen molar-refractivity contribution in [1.82, 2.24) is 9.29 Å². The first-order valence-electron chi connectivity index (χ1n) is 10.3. The maximum absolute atomic E-state index is 12.9. The minimum Gasteiger partial charge on any atom is -0.493 e. The molecule has 3 aromatic rings. The van der Waals surface area contributed by atoms with Gasteiger partial charge < -0.3 is 14.8 Å². The van der Waals surface area contributed by atoms with E-state index in [0.717, 1.165) is 9.60 Å². The van der Waals surface area contributed by atoms with Crippen molar-refractivity contribution in [3.63, 3.8) is 0 Å². The fourth-order valence-electron chi connectivity index (χ4n) is 3.77. The SMILES string of the molecule is COc1cc2nc(NC(=O)C3CCN(S(=O)(=O)c4ccc(SC)cc4)CC3)sc2cc1OC. The number of amides is 1. The van der Waals surface area contributed by atoms with E-state index in [1.807, 2.05) is 12.3 Å². The van der Waals surface area contributed by atoms with Crippen molar-refractivity contribution in [2.75, 3.05) is 38.9 Å². The molecule has 0 saturated carbocycles. The molecule has 1 aliphatic heterocycles. The fourth-order valence-corrected chi connectivity index (χ4v) is 6.53. The number of ether oxygens (including phenoxy) is 2. The number of nitrogens with zero attached hydrogens (tertiary/aromatic N) is 2. The van der Waals surface area contributed by atoms with Crippen molar-refractivity contribution in [2.24, 2.45) is 5.92 Å². The molecule has 0 spiro atoms. The van der Waals surface area contributed by atoms with E-state index in [1.54, 1.807) is 56.3 Å². The molecule has 0 bridgehead atoms. The third-order valence-electron chi connectivity index (χ3n) is 5.65. The summed E-state index contributed by atoms with van der Waals surface area (Å²) in [5.41, 5.74) is 0.710. The van der Waals surface area contributed by atoms with E-state index in [1.165, 1.54) is 15.6 Å². The van der Waals surface area contributed by atoms with Gasteiger partial charge in [0.2, 0.25) is 15.9 Å². The Morgan fingerprint density at radius 1 is 1.12 bits per heavy atom. The molecule has 11 heteroatoms. The number of methoxy groups -OCH3 is 2. The molecule has 1 N–H and O–H groups in total. The number of benzene rings is 2. The van der Waals surface area contributed by atoms with Crippen LogP contribution in [0.4, 0.5) is 5.13 Å². The van der Waals surface area contributed by atoms with Gasteiger partial charge in [0.15, 0.2) is 16.6 Å². The quantitative estimate of drug-likeness (QED) is 0.481. The first-order chi connectivity index (χ1) is 15.8. The van der Waals surface area contributed by atoms with Crippen molar-refractivity contribution in [1.29, 1.82) is 0 Å². The van der Waals surface area contributed by atoms with Crippen LogP contribution in [-0.4, -0.2) is 57.2 Å². The summed E-state index contributed by atoms with van der Waals surface area (Å²) in [5, 5.41) is 3.39. The predicted octanol–water partition coefficient (Wildman–Crippen LogP) is 4.07. The molecule has 2 aromatic carbocycles. The summed E-state index contributed by atoms with van der Waals surface area (Å²) in [6, 6.07) is 10.5. The number of aromatic nitrogens is 1. The summed E-state index contributed by atoms with van der Waals surface area (Å²) in [7, 11) is -0.438. The molecule has 176 valence electrons. The van der Waals surface area contributed by atoms with Crippen LogP contribution >= 0.6 is 23.1 Å². The number of thioether (sulfide) groups is 1. The average Bonchev–Trinajstić information content (AvgIpc) is 3.24. The van der Waals surface area contributed by atoms with Gasteiger partial charge >= 0.3 is 0 Å². The molecule has 1 aromatic heterocycles. The molecule has 4 rings (SSSR count). The molecular weight excluding hydrogens is 482 g/mol. The van der Waals surface area contributed by atoms with Crippen LogP contribution < -0.4 is 14.8 Å². The smallest absolute Gasteiger partial charge is 0.243 e. The minimum atomic E-state index is -3.57. The highest BCUT2D eigenvalue weighted by molar-refractivity contribution is 7.98. The van der Waals surface area contributed by atoms with E-state index in [0.29, 0.717) is 48.1 Å². The summed E-state index contributed by atoms with van der Waals surface area (Å²) in [4.78, 5) is 18.6. The minimum absolute atomic E-state index is 0.144. The first-order valence-corrected chi connectivity index (χ1v) is 13.8. The highest BCUT2D eigenvalue weighted by Gasteiger charge is 2.32. The maximum Gasteiger partial charge on any atom is 0.243 e. The summed E-state index contributed by atoms with van der Waals surface area (Å²) in [5.74, 6) is 0.758.